The van der Waals surface area contributed by atoms with E-state index in [1.165, 1.54) is 29.0 Å². The first-order chi connectivity index (χ1) is 16.5. The number of fused-ring (bicyclic) bond motifs is 1. The second kappa shape index (κ2) is 10.0. The van der Waals surface area contributed by atoms with Crippen molar-refractivity contribution in [1.82, 2.24) is 19.8 Å². The molecule has 1 unspecified atom stereocenters. The van der Waals surface area contributed by atoms with Gasteiger partial charge in [-0.3, -0.25) is 9.69 Å². The summed E-state index contributed by atoms with van der Waals surface area (Å²) in [6.45, 7) is 2.26. The SMILES string of the molecule is Nc1ncnc2cc(CN3CCN(C(/C=C/c4ccc(Cl)s4)c4ccc(Cl)s4)CC3=O)ccc12. The Balaban J connectivity index is 1.31. The molecule has 1 saturated heterocycles. The number of nitrogens with zero attached hydrogens (tertiary/aromatic N) is 4. The van der Waals surface area contributed by atoms with Gasteiger partial charge in [0.2, 0.25) is 5.91 Å². The van der Waals surface area contributed by atoms with Crippen LogP contribution < -0.4 is 5.73 Å². The van der Waals surface area contributed by atoms with Crippen molar-refractivity contribution in [3.8, 4) is 0 Å². The van der Waals surface area contributed by atoms with E-state index in [4.69, 9.17) is 28.9 Å². The summed E-state index contributed by atoms with van der Waals surface area (Å²) in [5, 5.41) is 0.818. The van der Waals surface area contributed by atoms with Crippen LogP contribution in [0.25, 0.3) is 17.0 Å². The quantitative estimate of drug-likeness (QED) is 0.344. The maximum atomic E-state index is 13.1. The number of benzene rings is 1. The molecule has 1 fully saturated rings. The lowest BCUT2D eigenvalue weighted by Crippen LogP contribution is -2.50. The van der Waals surface area contributed by atoms with Crippen molar-refractivity contribution in [2.75, 3.05) is 25.4 Å². The molecule has 10 heteroatoms. The molecule has 0 radical (unpaired) electrons. The number of carbonyl (C=O) groups excluding carboxylic acids is 1. The molecule has 0 saturated carbocycles. The summed E-state index contributed by atoms with van der Waals surface area (Å²) in [6.07, 6.45) is 5.65. The van der Waals surface area contributed by atoms with E-state index in [9.17, 15) is 4.79 Å². The van der Waals surface area contributed by atoms with Gasteiger partial charge in [-0.15, -0.1) is 22.7 Å². The Labute approximate surface area is 215 Å². The van der Waals surface area contributed by atoms with Crippen molar-refractivity contribution in [2.45, 2.75) is 12.6 Å². The average molecular weight is 531 g/mol. The van der Waals surface area contributed by atoms with E-state index in [1.807, 2.05) is 47.4 Å². The van der Waals surface area contributed by atoms with Crippen molar-refractivity contribution in [3.63, 3.8) is 0 Å². The first-order valence-corrected chi connectivity index (χ1v) is 13.0. The third-order valence-corrected chi connectivity index (χ3v) is 8.27. The van der Waals surface area contributed by atoms with Gasteiger partial charge in [0.1, 0.15) is 12.1 Å². The molecular formula is C24H21Cl2N5OS2. The Kier molecular flexibility index (Phi) is 6.85. The van der Waals surface area contributed by atoms with Crippen molar-refractivity contribution in [3.05, 3.63) is 78.9 Å². The fourth-order valence-corrected chi connectivity index (χ4v) is 6.21. The molecule has 1 aliphatic rings. The number of hydrogen-bond donors (Lipinski definition) is 1. The van der Waals surface area contributed by atoms with Gasteiger partial charge < -0.3 is 10.6 Å². The average Bonchev–Trinajstić information content (AvgIpc) is 3.44. The molecular weight excluding hydrogens is 509 g/mol. The van der Waals surface area contributed by atoms with Gasteiger partial charge in [0.15, 0.2) is 0 Å². The highest BCUT2D eigenvalue weighted by molar-refractivity contribution is 7.17. The number of thiophene rings is 2. The zero-order valence-corrected chi connectivity index (χ0v) is 21.2. The van der Waals surface area contributed by atoms with Gasteiger partial charge >= 0.3 is 0 Å². The van der Waals surface area contributed by atoms with E-state index in [-0.39, 0.29) is 11.9 Å². The molecule has 2 N–H and O–H groups in total. The molecule has 34 heavy (non-hydrogen) atoms. The summed E-state index contributed by atoms with van der Waals surface area (Å²) in [4.78, 5) is 27.7. The molecule has 4 aromatic rings. The van der Waals surface area contributed by atoms with Gasteiger partial charge in [-0.05, 0) is 48.0 Å². The van der Waals surface area contributed by atoms with E-state index in [2.05, 4.69) is 27.0 Å². The van der Waals surface area contributed by atoms with E-state index < -0.39 is 0 Å². The molecule has 0 bridgehead atoms. The maximum absolute atomic E-state index is 13.1. The summed E-state index contributed by atoms with van der Waals surface area (Å²) in [5.74, 6) is 0.549. The number of halogens is 2. The lowest BCUT2D eigenvalue weighted by Gasteiger charge is -2.37. The molecule has 0 aliphatic carbocycles. The monoisotopic (exact) mass is 529 g/mol. The van der Waals surface area contributed by atoms with Gasteiger partial charge in [-0.2, -0.15) is 0 Å². The highest BCUT2D eigenvalue weighted by atomic mass is 35.5. The largest absolute Gasteiger partial charge is 0.383 e. The number of nitrogens with two attached hydrogens (primary N) is 1. The molecule has 1 aromatic carbocycles. The minimum Gasteiger partial charge on any atom is -0.383 e. The number of nitrogen functional groups attached to an aromatic ring is 1. The molecule has 1 amide bonds. The molecule has 4 heterocycles. The van der Waals surface area contributed by atoms with Crippen molar-refractivity contribution < 1.29 is 4.79 Å². The van der Waals surface area contributed by atoms with Gasteiger partial charge in [0.05, 0.1) is 26.8 Å². The number of anilines is 1. The van der Waals surface area contributed by atoms with Crippen LogP contribution in [-0.2, 0) is 11.3 Å². The van der Waals surface area contributed by atoms with Gasteiger partial charge in [-0.25, -0.2) is 9.97 Å². The van der Waals surface area contributed by atoms with E-state index in [0.717, 1.165) is 41.4 Å². The van der Waals surface area contributed by atoms with Crippen LogP contribution in [0, 0.1) is 0 Å². The second-order valence-corrected chi connectivity index (χ2v) is 11.5. The summed E-state index contributed by atoms with van der Waals surface area (Å²) in [7, 11) is 0. The minimum absolute atomic E-state index is 0.0372. The van der Waals surface area contributed by atoms with Crippen LogP contribution in [-0.4, -0.2) is 45.3 Å². The summed E-state index contributed by atoms with van der Waals surface area (Å²) in [5.41, 5.74) is 7.73. The highest BCUT2D eigenvalue weighted by Crippen LogP contribution is 2.34. The minimum atomic E-state index is -0.0372. The molecule has 174 valence electrons. The summed E-state index contributed by atoms with van der Waals surface area (Å²) < 4.78 is 1.49. The predicted octanol–water partition coefficient (Wildman–Crippen LogP) is 5.74. The molecule has 0 spiro atoms. The van der Waals surface area contributed by atoms with E-state index >= 15 is 0 Å². The molecule has 3 aromatic heterocycles. The Morgan fingerprint density at radius 3 is 2.62 bits per heavy atom. The van der Waals surface area contributed by atoms with Gasteiger partial charge in [-0.1, -0.05) is 35.3 Å². The van der Waals surface area contributed by atoms with Gasteiger partial charge in [0.25, 0.3) is 0 Å². The second-order valence-electron chi connectivity index (χ2n) is 7.98. The molecule has 5 rings (SSSR count). The number of aromatic nitrogens is 2. The number of rotatable bonds is 6. The summed E-state index contributed by atoms with van der Waals surface area (Å²) >= 11 is 15.4. The zero-order chi connectivity index (χ0) is 23.7. The highest BCUT2D eigenvalue weighted by Gasteiger charge is 2.29. The van der Waals surface area contributed by atoms with Gasteiger partial charge in [0, 0.05) is 34.8 Å². The maximum Gasteiger partial charge on any atom is 0.237 e. The van der Waals surface area contributed by atoms with Crippen LogP contribution in [0.1, 0.15) is 21.4 Å². The number of piperazine rings is 1. The summed E-state index contributed by atoms with van der Waals surface area (Å²) in [6, 6.07) is 13.6. The Bertz CT molecular complexity index is 1370. The standard InChI is InChI=1S/C24H21Cl2N5OS2/c25-21-7-3-16(33-21)2-5-19(20-6-8-22(26)34-20)30-9-10-31(23(32)13-30)12-15-1-4-17-18(11-15)28-14-29-24(17)27/h1-8,11,14,19H,9-10,12-13H2,(H2,27,28,29)/b5-2+. The number of hydrogen-bond acceptors (Lipinski definition) is 7. The lowest BCUT2D eigenvalue weighted by molar-refractivity contribution is -0.137. The topological polar surface area (TPSA) is 75.3 Å². The first-order valence-electron chi connectivity index (χ1n) is 10.7. The fraction of sp³-hybridized carbons (Fsp3) is 0.208. The van der Waals surface area contributed by atoms with E-state index in [0.29, 0.717) is 25.5 Å². The van der Waals surface area contributed by atoms with Crippen LogP contribution in [0.4, 0.5) is 5.82 Å². The number of carbonyl (C=O) groups is 1. The first kappa shape index (κ1) is 23.3. The van der Waals surface area contributed by atoms with Crippen LogP contribution in [0.5, 0.6) is 0 Å². The third-order valence-electron chi connectivity index (χ3n) is 5.77. The third kappa shape index (κ3) is 5.11. The van der Waals surface area contributed by atoms with E-state index in [1.54, 1.807) is 0 Å². The fourth-order valence-electron chi connectivity index (χ4n) is 4.06. The zero-order valence-electron chi connectivity index (χ0n) is 18.0. The molecule has 6 nitrogen and oxygen atoms in total. The van der Waals surface area contributed by atoms with Crippen molar-refractivity contribution >= 4 is 74.6 Å². The molecule has 1 aliphatic heterocycles. The Morgan fingerprint density at radius 2 is 1.88 bits per heavy atom. The van der Waals surface area contributed by atoms with Crippen LogP contribution in [0.2, 0.25) is 8.67 Å². The van der Waals surface area contributed by atoms with Crippen LogP contribution in [0.3, 0.4) is 0 Å². The lowest BCUT2D eigenvalue weighted by atomic mass is 10.1. The van der Waals surface area contributed by atoms with Crippen LogP contribution in [0.15, 0.2) is 54.9 Å². The smallest absolute Gasteiger partial charge is 0.237 e. The van der Waals surface area contributed by atoms with Crippen molar-refractivity contribution in [2.24, 2.45) is 0 Å². The van der Waals surface area contributed by atoms with Crippen LogP contribution >= 0.6 is 45.9 Å². The molecule has 1 atom stereocenters. The Morgan fingerprint density at radius 1 is 1.06 bits per heavy atom. The number of amides is 1. The predicted molar refractivity (Wildman–Crippen MR) is 141 cm³/mol. The normalized spacial score (nSPS) is 16.1. The van der Waals surface area contributed by atoms with Crippen molar-refractivity contribution in [1.29, 1.82) is 0 Å². The Hall–Kier alpha value is -2.49.